The number of hydrogen-bond donors (Lipinski definition) is 1. The molecule has 1 aliphatic heterocycles. The summed E-state index contributed by atoms with van der Waals surface area (Å²) in [6.07, 6.45) is 1.28. The first-order chi connectivity index (χ1) is 9.54. The largest absolute Gasteiger partial charge is 0.379 e. The highest BCUT2D eigenvalue weighted by Crippen LogP contribution is 2.39. The van der Waals surface area contributed by atoms with Crippen molar-refractivity contribution < 1.29 is 4.74 Å². The summed E-state index contributed by atoms with van der Waals surface area (Å²) in [5.74, 6) is 0. The Morgan fingerprint density at radius 3 is 2.80 bits per heavy atom. The van der Waals surface area contributed by atoms with Crippen LogP contribution in [0.25, 0.3) is 0 Å². The van der Waals surface area contributed by atoms with E-state index in [-0.39, 0.29) is 12.1 Å². The zero-order chi connectivity index (χ0) is 14.7. The van der Waals surface area contributed by atoms with Gasteiger partial charge < -0.3 is 10.5 Å². The van der Waals surface area contributed by atoms with Crippen molar-refractivity contribution in [3.05, 3.63) is 33.3 Å². The second-order valence-electron chi connectivity index (χ2n) is 5.42. The maximum atomic E-state index is 6.30. The van der Waals surface area contributed by atoms with E-state index in [1.807, 2.05) is 12.1 Å². The molecule has 5 heteroatoms. The lowest BCUT2D eigenvalue weighted by Crippen LogP contribution is -2.29. The zero-order valence-electron chi connectivity index (χ0n) is 12.0. The average molecular weight is 317 g/mol. The second-order valence-corrected chi connectivity index (χ2v) is 6.21. The van der Waals surface area contributed by atoms with Crippen molar-refractivity contribution in [2.75, 3.05) is 19.7 Å². The number of nitrogens with zero attached hydrogens (tertiary/aromatic N) is 1. The topological polar surface area (TPSA) is 38.5 Å². The molecule has 2 rings (SSSR count). The third-order valence-electron chi connectivity index (χ3n) is 3.66. The van der Waals surface area contributed by atoms with Gasteiger partial charge in [0, 0.05) is 32.3 Å². The molecule has 0 amide bonds. The molecule has 3 nitrogen and oxygen atoms in total. The van der Waals surface area contributed by atoms with E-state index in [1.165, 1.54) is 5.56 Å². The van der Waals surface area contributed by atoms with Crippen LogP contribution >= 0.6 is 23.2 Å². The SMILES string of the molecule is CC(C)OCCCN1Cc2c(ccc(Cl)c2Cl)C1CN. The van der Waals surface area contributed by atoms with E-state index in [9.17, 15) is 0 Å². The lowest BCUT2D eigenvalue weighted by molar-refractivity contribution is 0.0675. The molecule has 1 atom stereocenters. The molecule has 0 aromatic heterocycles. The first-order valence-electron chi connectivity index (χ1n) is 7.07. The van der Waals surface area contributed by atoms with E-state index in [0.717, 1.165) is 31.7 Å². The third-order valence-corrected chi connectivity index (χ3v) is 4.50. The van der Waals surface area contributed by atoms with Crippen molar-refractivity contribution >= 4 is 23.2 Å². The standard InChI is InChI=1S/C15H22Cl2N2O/c1-10(2)20-7-3-6-19-9-12-11(14(19)8-18)4-5-13(16)15(12)17/h4-5,10,14H,3,6-9,18H2,1-2H3. The van der Waals surface area contributed by atoms with Gasteiger partial charge >= 0.3 is 0 Å². The molecule has 1 aliphatic rings. The van der Waals surface area contributed by atoms with Gasteiger partial charge in [-0.05, 0) is 37.5 Å². The molecule has 20 heavy (non-hydrogen) atoms. The van der Waals surface area contributed by atoms with Gasteiger partial charge in [-0.2, -0.15) is 0 Å². The molecule has 0 spiro atoms. The normalized spacial score (nSPS) is 18.8. The highest BCUT2D eigenvalue weighted by atomic mass is 35.5. The van der Waals surface area contributed by atoms with Crippen LogP contribution in [0.2, 0.25) is 10.0 Å². The average Bonchev–Trinajstić information content (AvgIpc) is 2.77. The molecular formula is C15H22Cl2N2O. The van der Waals surface area contributed by atoms with E-state index >= 15 is 0 Å². The van der Waals surface area contributed by atoms with Crippen LogP contribution in [0, 0.1) is 0 Å². The fraction of sp³-hybridized carbons (Fsp3) is 0.600. The van der Waals surface area contributed by atoms with E-state index in [1.54, 1.807) is 0 Å². The van der Waals surface area contributed by atoms with Crippen molar-refractivity contribution in [3.63, 3.8) is 0 Å². The van der Waals surface area contributed by atoms with Gasteiger partial charge in [0.15, 0.2) is 0 Å². The zero-order valence-corrected chi connectivity index (χ0v) is 13.5. The summed E-state index contributed by atoms with van der Waals surface area (Å²) in [6, 6.07) is 4.14. The van der Waals surface area contributed by atoms with Crippen molar-refractivity contribution in [1.82, 2.24) is 4.90 Å². The van der Waals surface area contributed by atoms with Gasteiger partial charge in [0.1, 0.15) is 0 Å². The molecule has 2 N–H and O–H groups in total. The maximum absolute atomic E-state index is 6.30. The smallest absolute Gasteiger partial charge is 0.0640 e. The Hall–Kier alpha value is -0.320. The number of rotatable bonds is 6. The summed E-state index contributed by atoms with van der Waals surface area (Å²) in [4.78, 5) is 2.36. The van der Waals surface area contributed by atoms with Crippen molar-refractivity contribution in [2.45, 2.75) is 39.0 Å². The van der Waals surface area contributed by atoms with E-state index in [4.69, 9.17) is 33.7 Å². The maximum Gasteiger partial charge on any atom is 0.0640 e. The van der Waals surface area contributed by atoms with Gasteiger partial charge in [0.25, 0.3) is 0 Å². The Morgan fingerprint density at radius 2 is 2.15 bits per heavy atom. The summed E-state index contributed by atoms with van der Waals surface area (Å²) in [7, 11) is 0. The number of ether oxygens (including phenoxy) is 1. The molecule has 0 fully saturated rings. The van der Waals surface area contributed by atoms with Crippen molar-refractivity contribution in [3.8, 4) is 0 Å². The quantitative estimate of drug-likeness (QED) is 0.814. The third kappa shape index (κ3) is 3.46. The molecule has 112 valence electrons. The Kier molecular flexibility index (Phi) is 5.70. The monoisotopic (exact) mass is 316 g/mol. The number of hydrogen-bond acceptors (Lipinski definition) is 3. The summed E-state index contributed by atoms with van der Waals surface area (Å²) >= 11 is 12.4. The van der Waals surface area contributed by atoms with Crippen LogP contribution in [0.1, 0.15) is 37.4 Å². The molecular weight excluding hydrogens is 295 g/mol. The molecule has 0 radical (unpaired) electrons. The minimum Gasteiger partial charge on any atom is -0.379 e. The lowest BCUT2D eigenvalue weighted by Gasteiger charge is -2.23. The van der Waals surface area contributed by atoms with Crippen LogP contribution < -0.4 is 5.73 Å². The minimum atomic E-state index is 0.235. The lowest BCUT2D eigenvalue weighted by atomic mass is 10.1. The van der Waals surface area contributed by atoms with Crippen LogP contribution in [-0.4, -0.2) is 30.7 Å². The van der Waals surface area contributed by atoms with E-state index in [0.29, 0.717) is 16.6 Å². The van der Waals surface area contributed by atoms with Crippen molar-refractivity contribution in [2.24, 2.45) is 5.73 Å². The summed E-state index contributed by atoms with van der Waals surface area (Å²) in [6.45, 7) is 7.24. The van der Waals surface area contributed by atoms with Crippen LogP contribution in [0.5, 0.6) is 0 Å². The van der Waals surface area contributed by atoms with Crippen LogP contribution in [0.15, 0.2) is 12.1 Å². The Balaban J connectivity index is 2.01. The molecule has 0 bridgehead atoms. The molecule has 1 aromatic rings. The summed E-state index contributed by atoms with van der Waals surface area (Å²) in [5.41, 5.74) is 8.27. The predicted molar refractivity (Wildman–Crippen MR) is 84.4 cm³/mol. The van der Waals surface area contributed by atoms with Crippen LogP contribution in [0.3, 0.4) is 0 Å². The molecule has 1 heterocycles. The van der Waals surface area contributed by atoms with Gasteiger partial charge in [-0.3, -0.25) is 4.90 Å². The first-order valence-corrected chi connectivity index (χ1v) is 7.82. The van der Waals surface area contributed by atoms with Crippen LogP contribution in [-0.2, 0) is 11.3 Å². The fourth-order valence-corrected chi connectivity index (χ4v) is 3.10. The van der Waals surface area contributed by atoms with Gasteiger partial charge in [0.2, 0.25) is 0 Å². The molecule has 0 aliphatic carbocycles. The predicted octanol–water partition coefficient (Wildman–Crippen LogP) is 3.62. The van der Waals surface area contributed by atoms with Crippen LogP contribution in [0.4, 0.5) is 0 Å². The summed E-state index contributed by atoms with van der Waals surface area (Å²) < 4.78 is 5.59. The molecule has 0 saturated heterocycles. The minimum absolute atomic E-state index is 0.235. The Morgan fingerprint density at radius 1 is 1.40 bits per heavy atom. The second kappa shape index (κ2) is 7.10. The van der Waals surface area contributed by atoms with Gasteiger partial charge in [-0.1, -0.05) is 29.3 Å². The highest BCUT2D eigenvalue weighted by Gasteiger charge is 2.30. The number of benzene rings is 1. The Bertz CT molecular complexity index is 465. The fourth-order valence-electron chi connectivity index (χ4n) is 2.69. The number of halogens is 2. The van der Waals surface area contributed by atoms with Crippen molar-refractivity contribution in [1.29, 1.82) is 0 Å². The molecule has 1 unspecified atom stereocenters. The highest BCUT2D eigenvalue weighted by molar-refractivity contribution is 6.42. The first kappa shape index (κ1) is 16.1. The Labute approximate surface area is 131 Å². The number of fused-ring (bicyclic) bond motifs is 1. The molecule has 1 aromatic carbocycles. The van der Waals surface area contributed by atoms with E-state index in [2.05, 4.69) is 18.7 Å². The van der Waals surface area contributed by atoms with Gasteiger partial charge in [0.05, 0.1) is 16.1 Å². The van der Waals surface area contributed by atoms with Gasteiger partial charge in [-0.15, -0.1) is 0 Å². The van der Waals surface area contributed by atoms with Gasteiger partial charge in [-0.25, -0.2) is 0 Å². The summed E-state index contributed by atoms with van der Waals surface area (Å²) in [5, 5.41) is 1.29. The van der Waals surface area contributed by atoms with E-state index < -0.39 is 0 Å². The number of nitrogens with two attached hydrogens (primary N) is 1. The molecule has 0 saturated carbocycles.